The molecule has 0 unspecified atom stereocenters. The fourth-order valence-corrected chi connectivity index (χ4v) is 5.43. The van der Waals surface area contributed by atoms with Crippen LogP contribution in [0, 0.1) is 20.8 Å². The van der Waals surface area contributed by atoms with E-state index in [1.807, 2.05) is 39.0 Å². The zero-order valence-electron chi connectivity index (χ0n) is 16.7. The third-order valence-corrected chi connectivity index (χ3v) is 6.64. The van der Waals surface area contributed by atoms with E-state index in [1.165, 1.54) is 0 Å². The fraction of sp³-hybridized carbons (Fsp3) is 0.429. The number of benzene rings is 2. The molecule has 0 amide bonds. The average Bonchev–Trinajstić information content (AvgIpc) is 2.51. The number of methoxy groups -OCH3 is 1. The number of rotatable bonds is 4. The Hall–Kier alpha value is -2.05. The highest BCUT2D eigenvalue weighted by atomic mass is 32.2. The lowest BCUT2D eigenvalue weighted by Gasteiger charge is -2.38. The van der Waals surface area contributed by atoms with E-state index in [2.05, 4.69) is 4.72 Å². The average molecular weight is 390 g/mol. The molecule has 1 aliphatic rings. The first-order valence-electron chi connectivity index (χ1n) is 8.99. The molecule has 0 saturated carbocycles. The van der Waals surface area contributed by atoms with Crippen molar-refractivity contribution >= 4 is 10.0 Å². The molecule has 6 heteroatoms. The van der Waals surface area contributed by atoms with Gasteiger partial charge in [-0.2, -0.15) is 0 Å². The highest BCUT2D eigenvalue weighted by Crippen LogP contribution is 2.41. The Balaban J connectivity index is 2.02. The Morgan fingerprint density at radius 3 is 2.33 bits per heavy atom. The summed E-state index contributed by atoms with van der Waals surface area (Å²) in [6, 6.07) is 9.02. The number of hydrogen-bond donors (Lipinski definition) is 1. The molecule has 1 heterocycles. The first kappa shape index (κ1) is 19.7. The van der Waals surface area contributed by atoms with E-state index in [0.717, 1.165) is 16.9 Å². The van der Waals surface area contributed by atoms with Gasteiger partial charge in [-0.15, -0.1) is 0 Å². The Morgan fingerprint density at radius 2 is 1.74 bits per heavy atom. The Kier molecular flexibility index (Phi) is 4.99. The molecule has 0 aromatic heterocycles. The Bertz CT molecular complexity index is 957. The molecule has 2 aromatic carbocycles. The van der Waals surface area contributed by atoms with Gasteiger partial charge >= 0.3 is 0 Å². The predicted octanol–water partition coefficient (Wildman–Crippen LogP) is 4.20. The Morgan fingerprint density at radius 1 is 1.11 bits per heavy atom. The van der Waals surface area contributed by atoms with Crippen molar-refractivity contribution in [2.45, 2.75) is 57.6 Å². The Labute approximate surface area is 161 Å². The largest absolute Gasteiger partial charge is 0.497 e. The molecular weight excluding hydrogens is 362 g/mol. The maximum absolute atomic E-state index is 13.2. The van der Waals surface area contributed by atoms with Gasteiger partial charge in [0.15, 0.2) is 0 Å². The van der Waals surface area contributed by atoms with Crippen molar-refractivity contribution in [1.29, 1.82) is 0 Å². The summed E-state index contributed by atoms with van der Waals surface area (Å²) in [6.07, 6.45) is 0.552. The lowest BCUT2D eigenvalue weighted by atomic mass is 9.90. The van der Waals surface area contributed by atoms with Gasteiger partial charge in [-0.1, -0.05) is 12.1 Å². The summed E-state index contributed by atoms with van der Waals surface area (Å²) >= 11 is 0. The molecule has 1 atom stereocenters. The van der Waals surface area contributed by atoms with Crippen molar-refractivity contribution in [2.24, 2.45) is 0 Å². The van der Waals surface area contributed by atoms with Crippen LogP contribution in [0.15, 0.2) is 35.2 Å². The highest BCUT2D eigenvalue weighted by Gasteiger charge is 2.36. The van der Waals surface area contributed by atoms with Gasteiger partial charge in [-0.3, -0.25) is 0 Å². The number of aryl methyl sites for hydroxylation is 3. The van der Waals surface area contributed by atoms with Crippen molar-refractivity contribution in [1.82, 2.24) is 4.72 Å². The molecule has 0 bridgehead atoms. The summed E-state index contributed by atoms with van der Waals surface area (Å²) in [4.78, 5) is 0.307. The van der Waals surface area contributed by atoms with E-state index < -0.39 is 15.6 Å². The third-order valence-electron chi connectivity index (χ3n) is 4.86. The molecule has 1 N–H and O–H groups in total. The van der Waals surface area contributed by atoms with Crippen molar-refractivity contribution in [2.75, 3.05) is 7.11 Å². The monoisotopic (exact) mass is 389 g/mol. The first-order valence-corrected chi connectivity index (χ1v) is 10.5. The number of nitrogens with one attached hydrogen (secondary N) is 1. The number of ether oxygens (including phenoxy) is 2. The molecule has 1 aliphatic heterocycles. The molecule has 0 saturated heterocycles. The number of sulfonamides is 1. The SMILES string of the molecule is COc1cc(C)c(S(=O)(=O)N[C@H]2CC(C)(C)Oc3cc(C)ccc32)c(C)c1. The molecule has 146 valence electrons. The van der Waals surface area contributed by atoms with Crippen LogP contribution in [-0.4, -0.2) is 21.1 Å². The number of fused-ring (bicyclic) bond motifs is 1. The minimum absolute atomic E-state index is 0.307. The summed E-state index contributed by atoms with van der Waals surface area (Å²) in [5.41, 5.74) is 2.81. The topological polar surface area (TPSA) is 64.6 Å². The second kappa shape index (κ2) is 6.84. The molecule has 2 aromatic rings. The summed E-state index contributed by atoms with van der Waals surface area (Å²) < 4.78 is 40.7. The van der Waals surface area contributed by atoms with Crippen LogP contribution in [0.5, 0.6) is 11.5 Å². The van der Waals surface area contributed by atoms with Gasteiger partial charge in [0, 0.05) is 12.0 Å². The van der Waals surface area contributed by atoms with Crippen LogP contribution in [0.4, 0.5) is 0 Å². The molecule has 0 radical (unpaired) electrons. The normalized spacial score (nSPS) is 18.5. The van der Waals surface area contributed by atoms with Crippen molar-refractivity contribution in [3.63, 3.8) is 0 Å². The minimum atomic E-state index is -3.71. The van der Waals surface area contributed by atoms with Crippen LogP contribution in [0.25, 0.3) is 0 Å². The highest BCUT2D eigenvalue weighted by molar-refractivity contribution is 7.89. The molecule has 0 spiro atoms. The van der Waals surface area contributed by atoms with Crippen LogP contribution in [0.1, 0.15) is 48.6 Å². The third kappa shape index (κ3) is 3.96. The van der Waals surface area contributed by atoms with Crippen molar-refractivity contribution < 1.29 is 17.9 Å². The van der Waals surface area contributed by atoms with E-state index in [-0.39, 0.29) is 6.04 Å². The van der Waals surface area contributed by atoms with Gasteiger partial charge in [-0.05, 0) is 69.5 Å². The van der Waals surface area contributed by atoms with Gasteiger partial charge in [0.1, 0.15) is 17.1 Å². The summed E-state index contributed by atoms with van der Waals surface area (Å²) in [5.74, 6) is 1.39. The predicted molar refractivity (Wildman–Crippen MR) is 106 cm³/mol. The van der Waals surface area contributed by atoms with Crippen molar-refractivity contribution in [3.8, 4) is 11.5 Å². The standard InChI is InChI=1S/C21H27NO4S/c1-13-7-8-17-18(12-21(4,5)26-19(17)9-13)22-27(23,24)20-14(2)10-16(25-6)11-15(20)3/h7-11,18,22H,12H2,1-6H3/t18-/m0/s1. The molecule has 0 fully saturated rings. The number of hydrogen-bond acceptors (Lipinski definition) is 4. The van der Waals surface area contributed by atoms with E-state index >= 15 is 0 Å². The lowest BCUT2D eigenvalue weighted by molar-refractivity contribution is 0.0701. The second-order valence-electron chi connectivity index (χ2n) is 7.87. The first-order chi connectivity index (χ1) is 12.5. The van der Waals surface area contributed by atoms with Crippen LogP contribution < -0.4 is 14.2 Å². The minimum Gasteiger partial charge on any atom is -0.497 e. The fourth-order valence-electron chi connectivity index (χ4n) is 3.76. The van der Waals surface area contributed by atoms with Gasteiger partial charge in [0.25, 0.3) is 0 Å². The quantitative estimate of drug-likeness (QED) is 0.851. The summed E-state index contributed by atoms with van der Waals surface area (Å²) in [6.45, 7) is 9.52. The maximum Gasteiger partial charge on any atom is 0.241 e. The van der Waals surface area contributed by atoms with Gasteiger partial charge in [0.05, 0.1) is 18.0 Å². The molecule has 27 heavy (non-hydrogen) atoms. The van der Waals surface area contributed by atoms with Gasteiger partial charge in [0.2, 0.25) is 10.0 Å². The van der Waals surface area contributed by atoms with E-state index in [9.17, 15) is 8.42 Å². The maximum atomic E-state index is 13.2. The van der Waals surface area contributed by atoms with Gasteiger partial charge < -0.3 is 9.47 Å². The zero-order valence-corrected chi connectivity index (χ0v) is 17.5. The van der Waals surface area contributed by atoms with Gasteiger partial charge in [-0.25, -0.2) is 13.1 Å². The zero-order chi connectivity index (χ0) is 20.0. The molecule has 3 rings (SSSR count). The molecule has 0 aliphatic carbocycles. The lowest BCUT2D eigenvalue weighted by Crippen LogP contribution is -2.41. The van der Waals surface area contributed by atoms with Crippen LogP contribution in [0.2, 0.25) is 0 Å². The summed E-state index contributed by atoms with van der Waals surface area (Å²) in [5, 5.41) is 0. The van der Waals surface area contributed by atoms with E-state index in [0.29, 0.717) is 28.2 Å². The van der Waals surface area contributed by atoms with Crippen LogP contribution in [0.3, 0.4) is 0 Å². The van der Waals surface area contributed by atoms with Crippen molar-refractivity contribution in [3.05, 3.63) is 52.6 Å². The van der Waals surface area contributed by atoms with E-state index in [1.54, 1.807) is 33.1 Å². The molecular formula is C21H27NO4S. The molecule has 5 nitrogen and oxygen atoms in total. The van der Waals surface area contributed by atoms with Crippen LogP contribution >= 0.6 is 0 Å². The van der Waals surface area contributed by atoms with Crippen LogP contribution in [-0.2, 0) is 10.0 Å². The van der Waals surface area contributed by atoms with E-state index in [4.69, 9.17) is 9.47 Å². The smallest absolute Gasteiger partial charge is 0.241 e. The second-order valence-corrected chi connectivity index (χ2v) is 9.52. The summed E-state index contributed by atoms with van der Waals surface area (Å²) in [7, 11) is -2.14.